The lowest BCUT2D eigenvalue weighted by molar-refractivity contribution is -0.116. The van der Waals surface area contributed by atoms with Gasteiger partial charge in [-0.2, -0.15) is 0 Å². The highest BCUT2D eigenvalue weighted by atomic mass is 16.7. The van der Waals surface area contributed by atoms with Crippen LogP contribution in [-0.2, 0) is 16.8 Å². The molecule has 1 aromatic carbocycles. The predicted octanol–water partition coefficient (Wildman–Crippen LogP) is 1.77. The number of ether oxygens (including phenoxy) is 2. The average molecular weight is 269 g/mol. The van der Waals surface area contributed by atoms with Crippen molar-refractivity contribution in [1.82, 2.24) is 4.90 Å². The molecule has 5 rings (SSSR count). The van der Waals surface area contributed by atoms with E-state index in [1.165, 1.54) is 11.1 Å². The van der Waals surface area contributed by atoms with Crippen molar-refractivity contribution in [3.63, 3.8) is 0 Å². The summed E-state index contributed by atoms with van der Waals surface area (Å²) >= 11 is 0. The van der Waals surface area contributed by atoms with E-state index in [2.05, 4.69) is 23.1 Å². The Balaban J connectivity index is 1.76. The Labute approximate surface area is 117 Å². The number of nitrogens with zero attached hydrogens (tertiary/aromatic N) is 1. The molecule has 2 bridgehead atoms. The molecule has 0 aromatic heterocycles. The maximum atomic E-state index is 11.8. The van der Waals surface area contributed by atoms with Gasteiger partial charge in [-0.05, 0) is 35.8 Å². The quantitative estimate of drug-likeness (QED) is 0.719. The first kappa shape index (κ1) is 10.9. The first-order valence-electron chi connectivity index (χ1n) is 7.15. The lowest BCUT2D eigenvalue weighted by Gasteiger charge is -2.43. The number of benzene rings is 1. The van der Waals surface area contributed by atoms with E-state index in [4.69, 9.17) is 9.47 Å². The summed E-state index contributed by atoms with van der Waals surface area (Å²) in [6.07, 6.45) is 5.65. The maximum Gasteiger partial charge on any atom is 0.231 e. The van der Waals surface area contributed by atoms with Crippen LogP contribution in [0.1, 0.15) is 24.0 Å². The Bertz CT molecular complexity index is 666. The van der Waals surface area contributed by atoms with Gasteiger partial charge in [0.05, 0.1) is 0 Å². The normalized spacial score (nSPS) is 35.9. The van der Waals surface area contributed by atoms with Crippen LogP contribution < -0.4 is 9.47 Å². The molecule has 3 aliphatic heterocycles. The van der Waals surface area contributed by atoms with E-state index in [-0.39, 0.29) is 11.2 Å². The van der Waals surface area contributed by atoms with Crippen LogP contribution in [0.3, 0.4) is 0 Å². The van der Waals surface area contributed by atoms with Crippen LogP contribution in [0.15, 0.2) is 24.3 Å². The molecule has 1 aromatic rings. The van der Waals surface area contributed by atoms with Gasteiger partial charge in [0.25, 0.3) is 0 Å². The van der Waals surface area contributed by atoms with Crippen LogP contribution in [0.4, 0.5) is 0 Å². The second-order valence-corrected chi connectivity index (χ2v) is 6.14. The van der Waals surface area contributed by atoms with Gasteiger partial charge >= 0.3 is 0 Å². The van der Waals surface area contributed by atoms with Gasteiger partial charge in [0, 0.05) is 31.0 Å². The minimum absolute atomic E-state index is 0.00245. The summed E-state index contributed by atoms with van der Waals surface area (Å²) < 4.78 is 11.0. The molecule has 0 spiro atoms. The van der Waals surface area contributed by atoms with Crippen LogP contribution in [0.5, 0.6) is 11.5 Å². The second kappa shape index (κ2) is 3.44. The van der Waals surface area contributed by atoms with Crippen molar-refractivity contribution in [2.45, 2.75) is 30.8 Å². The molecule has 102 valence electrons. The minimum atomic E-state index is 0.00245. The fraction of sp³-hybridized carbons (Fsp3) is 0.438. The van der Waals surface area contributed by atoms with Crippen molar-refractivity contribution in [2.24, 2.45) is 0 Å². The molecule has 3 atom stereocenters. The van der Waals surface area contributed by atoms with Gasteiger partial charge in [-0.25, -0.2) is 0 Å². The minimum Gasteiger partial charge on any atom is -0.454 e. The number of fused-ring (bicyclic) bond motifs is 2. The van der Waals surface area contributed by atoms with Crippen molar-refractivity contribution in [3.8, 4) is 11.5 Å². The molecule has 1 aliphatic carbocycles. The summed E-state index contributed by atoms with van der Waals surface area (Å²) in [4.78, 5) is 14.2. The summed E-state index contributed by atoms with van der Waals surface area (Å²) in [5.41, 5.74) is 2.66. The van der Waals surface area contributed by atoms with E-state index in [1.54, 1.807) is 6.08 Å². The van der Waals surface area contributed by atoms with Crippen LogP contribution in [0.2, 0.25) is 0 Å². The van der Waals surface area contributed by atoms with Crippen LogP contribution in [-0.4, -0.2) is 30.1 Å². The Kier molecular flexibility index (Phi) is 1.88. The highest BCUT2D eigenvalue weighted by Crippen LogP contribution is 2.52. The zero-order chi connectivity index (χ0) is 13.3. The lowest BCUT2D eigenvalue weighted by atomic mass is 9.67. The van der Waals surface area contributed by atoms with E-state index >= 15 is 0 Å². The highest BCUT2D eigenvalue weighted by Gasteiger charge is 2.53. The molecule has 0 N–H and O–H groups in total. The Morgan fingerprint density at radius 2 is 2.10 bits per heavy atom. The Hall–Kier alpha value is -1.81. The zero-order valence-corrected chi connectivity index (χ0v) is 11.1. The average Bonchev–Trinajstić information content (AvgIpc) is 3.00. The molecule has 20 heavy (non-hydrogen) atoms. The third-order valence-electron chi connectivity index (χ3n) is 5.28. The largest absolute Gasteiger partial charge is 0.454 e. The smallest absolute Gasteiger partial charge is 0.231 e. The maximum absolute atomic E-state index is 11.8. The fourth-order valence-electron chi connectivity index (χ4n) is 4.34. The molecule has 4 aliphatic rings. The number of hydrogen-bond donors (Lipinski definition) is 0. The molecule has 4 heteroatoms. The van der Waals surface area contributed by atoms with Crippen LogP contribution >= 0.6 is 0 Å². The molecular formula is C16H15NO3. The number of allylic oxidation sites excluding steroid dienone is 1. The summed E-state index contributed by atoms with van der Waals surface area (Å²) in [5.74, 6) is 1.96. The topological polar surface area (TPSA) is 38.8 Å². The van der Waals surface area contributed by atoms with E-state index in [0.29, 0.717) is 19.3 Å². The highest BCUT2D eigenvalue weighted by molar-refractivity contribution is 5.92. The van der Waals surface area contributed by atoms with Crippen LogP contribution in [0.25, 0.3) is 0 Å². The molecule has 1 unspecified atom stereocenters. The van der Waals surface area contributed by atoms with Crippen molar-refractivity contribution >= 4 is 5.78 Å². The molecule has 0 radical (unpaired) electrons. The first-order chi connectivity index (χ1) is 9.76. The number of rotatable bonds is 0. The standard InChI is InChI=1S/C16H15NO3/c18-11-1-2-16-3-4-17(15(16)6-11)8-10-5-13-14(7-12(10)16)20-9-19-13/h1-2,5,7,15H,3-4,6,8-9H2/t15-,16+/m1/s1. The summed E-state index contributed by atoms with van der Waals surface area (Å²) in [5, 5.41) is 0. The first-order valence-corrected chi connectivity index (χ1v) is 7.15. The van der Waals surface area contributed by atoms with Gasteiger partial charge < -0.3 is 9.47 Å². The van der Waals surface area contributed by atoms with Gasteiger partial charge in [-0.1, -0.05) is 6.08 Å². The molecular weight excluding hydrogens is 254 g/mol. The van der Waals surface area contributed by atoms with Gasteiger partial charge in [0.1, 0.15) is 0 Å². The summed E-state index contributed by atoms with van der Waals surface area (Å²) in [7, 11) is 0. The second-order valence-electron chi connectivity index (χ2n) is 6.14. The van der Waals surface area contributed by atoms with Crippen molar-refractivity contribution < 1.29 is 14.3 Å². The number of carbonyl (C=O) groups is 1. The molecule has 3 heterocycles. The SMILES string of the molecule is O=C1C=C[C@]23CCN(Cc4cc5c(cc42)OCO5)[C@@H]3C1. The predicted molar refractivity (Wildman–Crippen MR) is 71.8 cm³/mol. The fourth-order valence-corrected chi connectivity index (χ4v) is 4.34. The summed E-state index contributed by atoms with van der Waals surface area (Å²) in [6.45, 7) is 2.29. The lowest BCUT2D eigenvalue weighted by Crippen LogP contribution is -2.48. The van der Waals surface area contributed by atoms with Gasteiger partial charge in [0.2, 0.25) is 6.79 Å². The van der Waals surface area contributed by atoms with Crippen molar-refractivity contribution in [2.75, 3.05) is 13.3 Å². The van der Waals surface area contributed by atoms with Gasteiger partial charge in [-0.3, -0.25) is 9.69 Å². The third-order valence-corrected chi connectivity index (χ3v) is 5.28. The zero-order valence-electron chi connectivity index (χ0n) is 11.1. The molecule has 1 saturated heterocycles. The number of carbonyl (C=O) groups excluding carboxylic acids is 1. The Morgan fingerprint density at radius 1 is 1.25 bits per heavy atom. The number of hydrogen-bond acceptors (Lipinski definition) is 4. The van der Waals surface area contributed by atoms with E-state index in [9.17, 15) is 4.79 Å². The Morgan fingerprint density at radius 3 is 3.00 bits per heavy atom. The van der Waals surface area contributed by atoms with Gasteiger partial charge in [-0.15, -0.1) is 0 Å². The third kappa shape index (κ3) is 1.18. The molecule has 0 saturated carbocycles. The summed E-state index contributed by atoms with van der Waals surface area (Å²) in [6, 6.07) is 4.60. The van der Waals surface area contributed by atoms with Crippen LogP contribution in [0, 0.1) is 0 Å². The molecule has 0 amide bonds. The van der Waals surface area contributed by atoms with Gasteiger partial charge in [0.15, 0.2) is 17.3 Å². The monoisotopic (exact) mass is 269 g/mol. The van der Waals surface area contributed by atoms with E-state index < -0.39 is 0 Å². The molecule has 4 nitrogen and oxygen atoms in total. The van der Waals surface area contributed by atoms with Crippen molar-refractivity contribution in [3.05, 3.63) is 35.4 Å². The molecule has 1 fully saturated rings. The van der Waals surface area contributed by atoms with Crippen molar-refractivity contribution in [1.29, 1.82) is 0 Å². The van der Waals surface area contributed by atoms with E-state index in [1.807, 2.05) is 0 Å². The number of ketones is 1. The van der Waals surface area contributed by atoms with E-state index in [0.717, 1.165) is 31.0 Å².